The number of methoxy groups -OCH3 is 2. The molecular formula is C8H17NO2. The van der Waals surface area contributed by atoms with Gasteiger partial charge < -0.3 is 14.8 Å². The number of nitrogens with one attached hydrogen (secondary N) is 1. The van der Waals surface area contributed by atoms with Crippen molar-refractivity contribution in [3.63, 3.8) is 0 Å². The zero-order chi connectivity index (χ0) is 8.32. The van der Waals surface area contributed by atoms with Crippen molar-refractivity contribution in [2.75, 3.05) is 27.3 Å². The fraction of sp³-hybridized carbons (Fsp3) is 1.00. The van der Waals surface area contributed by atoms with Crippen LogP contribution in [0.5, 0.6) is 0 Å². The van der Waals surface area contributed by atoms with E-state index >= 15 is 0 Å². The molecule has 0 aromatic rings. The maximum atomic E-state index is 5.39. The van der Waals surface area contributed by atoms with Gasteiger partial charge in [-0.15, -0.1) is 0 Å². The predicted molar refractivity (Wildman–Crippen MR) is 43.7 cm³/mol. The Morgan fingerprint density at radius 2 is 2.18 bits per heavy atom. The Labute approximate surface area is 68.1 Å². The topological polar surface area (TPSA) is 30.5 Å². The zero-order valence-electron chi connectivity index (χ0n) is 7.52. The lowest BCUT2D eigenvalue weighted by Crippen LogP contribution is -2.55. The average Bonchev–Trinajstić information content (AvgIpc) is 2.05. The Bertz CT molecular complexity index is 129. The van der Waals surface area contributed by atoms with Gasteiger partial charge in [-0.2, -0.15) is 0 Å². The summed E-state index contributed by atoms with van der Waals surface area (Å²) in [4.78, 5) is 0. The quantitative estimate of drug-likeness (QED) is 0.632. The second-order valence-corrected chi connectivity index (χ2v) is 3.21. The van der Waals surface area contributed by atoms with Crippen LogP contribution in [0, 0.1) is 0 Å². The van der Waals surface area contributed by atoms with E-state index in [9.17, 15) is 0 Å². The molecule has 0 amide bonds. The molecule has 11 heavy (non-hydrogen) atoms. The summed E-state index contributed by atoms with van der Waals surface area (Å²) < 4.78 is 10.7. The van der Waals surface area contributed by atoms with Gasteiger partial charge in [0.2, 0.25) is 0 Å². The van der Waals surface area contributed by atoms with Gasteiger partial charge in [0.05, 0.1) is 6.10 Å². The molecule has 0 aromatic heterocycles. The smallest absolute Gasteiger partial charge is 0.103 e. The number of hydrogen-bond acceptors (Lipinski definition) is 3. The molecule has 1 N–H and O–H groups in total. The van der Waals surface area contributed by atoms with Crippen LogP contribution in [0.3, 0.4) is 0 Å². The first kappa shape index (κ1) is 8.97. The third-order valence-corrected chi connectivity index (χ3v) is 2.49. The van der Waals surface area contributed by atoms with Gasteiger partial charge in [0.15, 0.2) is 0 Å². The summed E-state index contributed by atoms with van der Waals surface area (Å²) in [6.07, 6.45) is 1.26. The van der Waals surface area contributed by atoms with E-state index in [4.69, 9.17) is 9.47 Å². The first-order valence-corrected chi connectivity index (χ1v) is 4.01. The molecule has 0 spiro atoms. The summed E-state index contributed by atoms with van der Waals surface area (Å²) in [5.74, 6) is 0. The molecule has 0 radical (unpaired) electrons. The van der Waals surface area contributed by atoms with Crippen molar-refractivity contribution in [2.45, 2.75) is 25.0 Å². The third kappa shape index (κ3) is 1.72. The van der Waals surface area contributed by atoms with Gasteiger partial charge in [-0.25, -0.2) is 0 Å². The fourth-order valence-corrected chi connectivity index (χ4v) is 1.56. The van der Waals surface area contributed by atoms with Gasteiger partial charge in [-0.1, -0.05) is 0 Å². The van der Waals surface area contributed by atoms with E-state index in [0.29, 0.717) is 0 Å². The molecule has 1 aliphatic rings. The number of rotatable bonds is 2. The highest BCUT2D eigenvalue weighted by Gasteiger charge is 2.36. The van der Waals surface area contributed by atoms with Gasteiger partial charge in [-0.05, 0) is 19.9 Å². The molecule has 0 saturated carbocycles. The van der Waals surface area contributed by atoms with Crippen LogP contribution in [0.25, 0.3) is 0 Å². The molecule has 0 aromatic carbocycles. The van der Waals surface area contributed by atoms with E-state index in [1.54, 1.807) is 14.2 Å². The first-order valence-electron chi connectivity index (χ1n) is 4.01. The zero-order valence-corrected chi connectivity index (χ0v) is 7.52. The van der Waals surface area contributed by atoms with Crippen molar-refractivity contribution in [2.24, 2.45) is 0 Å². The van der Waals surface area contributed by atoms with Gasteiger partial charge in [0.1, 0.15) is 5.60 Å². The van der Waals surface area contributed by atoms with Crippen molar-refractivity contribution >= 4 is 0 Å². The molecule has 1 saturated heterocycles. The van der Waals surface area contributed by atoms with Crippen LogP contribution in [0.1, 0.15) is 13.3 Å². The van der Waals surface area contributed by atoms with E-state index in [1.807, 2.05) is 0 Å². The maximum Gasteiger partial charge on any atom is 0.103 e. The fourth-order valence-electron chi connectivity index (χ4n) is 1.56. The molecule has 3 heteroatoms. The SMILES string of the molecule is CO[C@@H]1CCNC[C@]1(C)OC. The average molecular weight is 159 g/mol. The van der Waals surface area contributed by atoms with E-state index in [2.05, 4.69) is 12.2 Å². The minimum Gasteiger partial charge on any atom is -0.378 e. The lowest BCUT2D eigenvalue weighted by atomic mass is 9.92. The standard InChI is InChI=1S/C8H17NO2/c1-8(11-3)6-9-5-4-7(8)10-2/h7,9H,4-6H2,1-3H3/t7-,8+/m1/s1. The van der Waals surface area contributed by atoms with Gasteiger partial charge >= 0.3 is 0 Å². The molecule has 0 unspecified atom stereocenters. The molecule has 0 bridgehead atoms. The molecular weight excluding hydrogens is 142 g/mol. The number of hydrogen-bond donors (Lipinski definition) is 1. The Morgan fingerprint density at radius 3 is 2.64 bits per heavy atom. The van der Waals surface area contributed by atoms with Gasteiger partial charge in [-0.3, -0.25) is 0 Å². The maximum absolute atomic E-state index is 5.39. The van der Waals surface area contributed by atoms with Crippen molar-refractivity contribution in [3.8, 4) is 0 Å². The molecule has 1 aliphatic heterocycles. The summed E-state index contributed by atoms with van der Waals surface area (Å²) in [6, 6.07) is 0. The van der Waals surface area contributed by atoms with E-state index < -0.39 is 0 Å². The molecule has 0 aliphatic carbocycles. The Kier molecular flexibility index (Phi) is 2.87. The highest BCUT2D eigenvalue weighted by atomic mass is 16.5. The van der Waals surface area contributed by atoms with Crippen LogP contribution >= 0.6 is 0 Å². The normalized spacial score (nSPS) is 39.0. The van der Waals surface area contributed by atoms with Crippen LogP contribution < -0.4 is 5.32 Å². The monoisotopic (exact) mass is 159 g/mol. The van der Waals surface area contributed by atoms with Crippen molar-refractivity contribution in [3.05, 3.63) is 0 Å². The second-order valence-electron chi connectivity index (χ2n) is 3.21. The summed E-state index contributed by atoms with van der Waals surface area (Å²) in [5, 5.41) is 3.29. The highest BCUT2D eigenvalue weighted by molar-refractivity contribution is 4.91. The lowest BCUT2D eigenvalue weighted by molar-refractivity contribution is -0.118. The van der Waals surface area contributed by atoms with Crippen molar-refractivity contribution in [1.82, 2.24) is 5.32 Å². The third-order valence-electron chi connectivity index (χ3n) is 2.49. The minimum absolute atomic E-state index is 0.146. The molecule has 1 fully saturated rings. The predicted octanol–water partition coefficient (Wildman–Crippen LogP) is 0.400. The Morgan fingerprint density at radius 1 is 1.45 bits per heavy atom. The highest BCUT2D eigenvalue weighted by Crippen LogP contribution is 2.22. The van der Waals surface area contributed by atoms with Gasteiger partial charge in [0, 0.05) is 20.8 Å². The van der Waals surface area contributed by atoms with E-state index in [0.717, 1.165) is 19.5 Å². The van der Waals surface area contributed by atoms with E-state index in [1.165, 1.54) is 0 Å². The molecule has 1 rings (SSSR count). The summed E-state index contributed by atoms with van der Waals surface area (Å²) in [6.45, 7) is 3.98. The number of piperidine rings is 1. The Hall–Kier alpha value is -0.120. The van der Waals surface area contributed by atoms with Gasteiger partial charge in [0.25, 0.3) is 0 Å². The van der Waals surface area contributed by atoms with E-state index in [-0.39, 0.29) is 11.7 Å². The lowest BCUT2D eigenvalue weighted by Gasteiger charge is -2.39. The number of ether oxygens (including phenoxy) is 2. The van der Waals surface area contributed by atoms with Crippen LogP contribution in [0.15, 0.2) is 0 Å². The second kappa shape index (κ2) is 3.52. The molecule has 2 atom stereocenters. The Balaban J connectivity index is 2.57. The largest absolute Gasteiger partial charge is 0.378 e. The van der Waals surface area contributed by atoms with Crippen LogP contribution in [-0.4, -0.2) is 39.0 Å². The van der Waals surface area contributed by atoms with Crippen LogP contribution in [0.4, 0.5) is 0 Å². The summed E-state index contributed by atoms with van der Waals surface area (Å²) in [7, 11) is 3.48. The minimum atomic E-state index is -0.146. The summed E-state index contributed by atoms with van der Waals surface area (Å²) >= 11 is 0. The molecule has 1 heterocycles. The van der Waals surface area contributed by atoms with Crippen LogP contribution in [0.2, 0.25) is 0 Å². The van der Waals surface area contributed by atoms with Crippen molar-refractivity contribution in [1.29, 1.82) is 0 Å². The van der Waals surface area contributed by atoms with Crippen molar-refractivity contribution < 1.29 is 9.47 Å². The first-order chi connectivity index (χ1) is 5.23. The summed E-state index contributed by atoms with van der Waals surface area (Å²) in [5.41, 5.74) is -0.146. The van der Waals surface area contributed by atoms with Crippen LogP contribution in [-0.2, 0) is 9.47 Å². The molecule has 3 nitrogen and oxygen atoms in total. The molecule has 66 valence electrons.